The van der Waals surface area contributed by atoms with Crippen LogP contribution in [0.4, 0.5) is 13.2 Å². The van der Waals surface area contributed by atoms with Gasteiger partial charge in [0.1, 0.15) is 12.3 Å². The number of carbonyl (C=O) groups is 1. The average Bonchev–Trinajstić information content (AvgIpc) is 3.14. The van der Waals surface area contributed by atoms with E-state index >= 15 is 0 Å². The van der Waals surface area contributed by atoms with Gasteiger partial charge in [0.05, 0.1) is 7.11 Å². The average molecular weight is 394 g/mol. The first kappa shape index (κ1) is 19.8. The molecule has 9 heteroatoms. The van der Waals surface area contributed by atoms with Gasteiger partial charge < -0.3 is 15.0 Å². The van der Waals surface area contributed by atoms with Crippen molar-refractivity contribution in [2.45, 2.75) is 33.0 Å². The summed E-state index contributed by atoms with van der Waals surface area (Å²) in [5, 5.41) is 7.22. The van der Waals surface area contributed by atoms with E-state index in [9.17, 15) is 18.0 Å². The molecule has 0 saturated heterocycles. The normalized spacial score (nSPS) is 11.8. The van der Waals surface area contributed by atoms with Gasteiger partial charge in [-0.05, 0) is 50.1 Å². The number of carbonyl (C=O) groups excluding carboxylic acids is 1. The van der Waals surface area contributed by atoms with E-state index in [1.807, 2.05) is 25.1 Å². The van der Waals surface area contributed by atoms with Crippen LogP contribution < -0.4 is 10.1 Å². The number of rotatable bonds is 6. The molecule has 0 atom stereocenters. The number of ether oxygens (including phenoxy) is 1. The van der Waals surface area contributed by atoms with Crippen molar-refractivity contribution < 1.29 is 22.7 Å². The van der Waals surface area contributed by atoms with Gasteiger partial charge in [-0.1, -0.05) is 0 Å². The van der Waals surface area contributed by atoms with Crippen molar-refractivity contribution in [3.8, 4) is 5.75 Å². The lowest BCUT2D eigenvalue weighted by atomic mass is 10.1. The van der Waals surface area contributed by atoms with Crippen LogP contribution in [0.15, 0.2) is 24.3 Å². The summed E-state index contributed by atoms with van der Waals surface area (Å²) in [5.74, 6) is 0.349. The molecule has 0 aliphatic rings. The maximum Gasteiger partial charge on any atom is 0.435 e. The molecular formula is C19H21F3N4O2. The fourth-order valence-corrected chi connectivity index (χ4v) is 3.14. The molecule has 0 fully saturated rings. The second kappa shape index (κ2) is 7.57. The van der Waals surface area contributed by atoms with E-state index in [1.165, 1.54) is 6.92 Å². The summed E-state index contributed by atoms with van der Waals surface area (Å²) in [6.45, 7) is 3.53. The predicted octanol–water partition coefficient (Wildman–Crippen LogP) is 3.37. The van der Waals surface area contributed by atoms with Crippen LogP contribution in [-0.2, 0) is 23.9 Å². The van der Waals surface area contributed by atoms with Gasteiger partial charge in [0.25, 0.3) is 0 Å². The number of nitrogens with zero attached hydrogens (tertiary/aromatic N) is 2. The summed E-state index contributed by atoms with van der Waals surface area (Å²) < 4.78 is 44.4. The number of hydrogen-bond donors (Lipinski definition) is 2. The Balaban J connectivity index is 1.63. The number of alkyl halides is 3. The van der Waals surface area contributed by atoms with E-state index in [0.29, 0.717) is 13.0 Å². The first-order valence-corrected chi connectivity index (χ1v) is 8.72. The third kappa shape index (κ3) is 4.13. The summed E-state index contributed by atoms with van der Waals surface area (Å²) >= 11 is 0. The van der Waals surface area contributed by atoms with Gasteiger partial charge in [-0.3, -0.25) is 9.48 Å². The lowest BCUT2D eigenvalue weighted by Gasteiger charge is -2.08. The molecule has 2 N–H and O–H groups in total. The van der Waals surface area contributed by atoms with Crippen molar-refractivity contribution >= 4 is 16.8 Å². The quantitative estimate of drug-likeness (QED) is 0.673. The summed E-state index contributed by atoms with van der Waals surface area (Å²) in [6, 6.07) is 6.66. The minimum Gasteiger partial charge on any atom is -0.497 e. The van der Waals surface area contributed by atoms with Gasteiger partial charge in [0.15, 0.2) is 5.69 Å². The van der Waals surface area contributed by atoms with Crippen molar-refractivity contribution in [1.82, 2.24) is 20.1 Å². The Morgan fingerprint density at radius 2 is 2.04 bits per heavy atom. The molecule has 0 aliphatic carbocycles. The van der Waals surface area contributed by atoms with Crippen LogP contribution in [0.5, 0.6) is 5.75 Å². The highest BCUT2D eigenvalue weighted by atomic mass is 19.4. The number of nitrogens with one attached hydrogen (secondary N) is 2. The minimum atomic E-state index is -4.53. The molecule has 3 aromatic rings. The number of methoxy groups -OCH3 is 1. The number of aromatic nitrogens is 3. The first-order valence-electron chi connectivity index (χ1n) is 8.72. The molecule has 1 aromatic carbocycles. The van der Waals surface area contributed by atoms with Crippen molar-refractivity contribution in [2.75, 3.05) is 13.7 Å². The van der Waals surface area contributed by atoms with Gasteiger partial charge in [-0.25, -0.2) is 0 Å². The maximum absolute atomic E-state index is 12.7. The number of benzene rings is 1. The molecule has 0 spiro atoms. The van der Waals surface area contributed by atoms with Crippen LogP contribution >= 0.6 is 0 Å². The second-order valence-corrected chi connectivity index (χ2v) is 6.57. The Bertz CT molecular complexity index is 1000. The lowest BCUT2D eigenvalue weighted by Crippen LogP contribution is -2.30. The molecule has 150 valence electrons. The molecule has 2 heterocycles. The monoisotopic (exact) mass is 394 g/mol. The topological polar surface area (TPSA) is 71.9 Å². The van der Waals surface area contributed by atoms with E-state index in [0.717, 1.165) is 38.7 Å². The molecule has 0 unspecified atom stereocenters. The number of aryl methyl sites for hydroxylation is 2. The molecule has 0 aliphatic heterocycles. The first-order chi connectivity index (χ1) is 13.2. The van der Waals surface area contributed by atoms with Crippen LogP contribution in [0.2, 0.25) is 0 Å². The SMILES string of the molecule is COc1ccc2[nH]c(C)c(CCNC(=O)Cn3nc(C(F)(F)F)cc3C)c2c1. The molecule has 2 aromatic heterocycles. The predicted molar refractivity (Wildman–Crippen MR) is 98.3 cm³/mol. The molecule has 6 nitrogen and oxygen atoms in total. The van der Waals surface area contributed by atoms with Crippen LogP contribution in [0, 0.1) is 13.8 Å². The number of fused-ring (bicyclic) bond motifs is 1. The van der Waals surface area contributed by atoms with Crippen molar-refractivity contribution in [3.63, 3.8) is 0 Å². The molecule has 0 saturated carbocycles. The van der Waals surface area contributed by atoms with Crippen molar-refractivity contribution in [3.05, 3.63) is 46.9 Å². The Kier molecular flexibility index (Phi) is 5.35. The Labute approximate surface area is 159 Å². The fourth-order valence-electron chi connectivity index (χ4n) is 3.14. The third-order valence-electron chi connectivity index (χ3n) is 4.59. The molecular weight excluding hydrogens is 373 g/mol. The highest BCUT2D eigenvalue weighted by Gasteiger charge is 2.34. The second-order valence-electron chi connectivity index (χ2n) is 6.57. The third-order valence-corrected chi connectivity index (χ3v) is 4.59. The van der Waals surface area contributed by atoms with Gasteiger partial charge in [0.2, 0.25) is 5.91 Å². The number of amides is 1. The molecule has 28 heavy (non-hydrogen) atoms. The molecule has 0 bridgehead atoms. The highest BCUT2D eigenvalue weighted by molar-refractivity contribution is 5.86. The van der Waals surface area contributed by atoms with Crippen LogP contribution in [0.1, 0.15) is 22.6 Å². The fraction of sp³-hybridized carbons (Fsp3) is 0.368. The maximum atomic E-state index is 12.7. The molecule has 0 radical (unpaired) electrons. The van der Waals surface area contributed by atoms with E-state index in [2.05, 4.69) is 15.4 Å². The smallest absolute Gasteiger partial charge is 0.435 e. The summed E-state index contributed by atoms with van der Waals surface area (Å²) in [4.78, 5) is 15.4. The molecule has 3 rings (SSSR count). The minimum absolute atomic E-state index is 0.261. The molecule has 1 amide bonds. The summed E-state index contributed by atoms with van der Waals surface area (Å²) in [7, 11) is 1.60. The van der Waals surface area contributed by atoms with Crippen molar-refractivity contribution in [1.29, 1.82) is 0 Å². The zero-order chi connectivity index (χ0) is 20.5. The standard InChI is InChI=1S/C19H21F3N4O2/c1-11-8-17(19(20,21)22)25-26(11)10-18(27)23-7-6-14-12(2)24-16-5-4-13(28-3)9-15(14)16/h4-5,8-9,24H,6-7,10H2,1-3H3,(H,23,27). The van der Waals surface area contributed by atoms with E-state index in [-0.39, 0.29) is 12.2 Å². The van der Waals surface area contributed by atoms with Gasteiger partial charge in [-0.2, -0.15) is 18.3 Å². The largest absolute Gasteiger partial charge is 0.497 e. The number of halogens is 3. The Hall–Kier alpha value is -2.97. The van der Waals surface area contributed by atoms with Crippen molar-refractivity contribution in [2.24, 2.45) is 0 Å². The van der Waals surface area contributed by atoms with Gasteiger partial charge in [-0.15, -0.1) is 0 Å². The Morgan fingerprint density at radius 1 is 1.29 bits per heavy atom. The summed E-state index contributed by atoms with van der Waals surface area (Å²) in [6.07, 6.45) is -3.95. The van der Waals surface area contributed by atoms with E-state index < -0.39 is 17.8 Å². The zero-order valence-corrected chi connectivity index (χ0v) is 15.8. The van der Waals surface area contributed by atoms with Gasteiger partial charge >= 0.3 is 6.18 Å². The lowest BCUT2D eigenvalue weighted by molar-refractivity contribution is -0.141. The Morgan fingerprint density at radius 3 is 2.68 bits per heavy atom. The number of hydrogen-bond acceptors (Lipinski definition) is 3. The highest BCUT2D eigenvalue weighted by Crippen LogP contribution is 2.28. The zero-order valence-electron chi connectivity index (χ0n) is 15.8. The number of aromatic amines is 1. The van der Waals surface area contributed by atoms with Crippen LogP contribution in [0.3, 0.4) is 0 Å². The van der Waals surface area contributed by atoms with E-state index in [4.69, 9.17) is 4.74 Å². The van der Waals surface area contributed by atoms with E-state index in [1.54, 1.807) is 7.11 Å². The number of H-pyrrole nitrogens is 1. The van der Waals surface area contributed by atoms with Gasteiger partial charge in [0, 0.05) is 28.8 Å². The van der Waals surface area contributed by atoms with Crippen LogP contribution in [0.25, 0.3) is 10.9 Å². The van der Waals surface area contributed by atoms with Crippen LogP contribution in [-0.4, -0.2) is 34.3 Å². The summed E-state index contributed by atoms with van der Waals surface area (Å²) in [5.41, 5.74) is 2.31.